The Morgan fingerprint density at radius 1 is 1.27 bits per heavy atom. The molecule has 0 atom stereocenters. The van der Waals surface area contributed by atoms with Crippen LogP contribution >= 0.6 is 11.3 Å². The molecule has 0 radical (unpaired) electrons. The lowest BCUT2D eigenvalue weighted by molar-refractivity contribution is 0.0695. The van der Waals surface area contributed by atoms with E-state index < -0.39 is 11.5 Å². The number of carboxylic acid groups (broad SMARTS) is 1. The van der Waals surface area contributed by atoms with E-state index in [2.05, 4.69) is 0 Å². The number of carboxylic acids is 1. The van der Waals surface area contributed by atoms with Gasteiger partial charge in [0.25, 0.3) is 5.56 Å². The summed E-state index contributed by atoms with van der Waals surface area (Å²) in [6, 6.07) is 11.3. The van der Waals surface area contributed by atoms with Crippen LogP contribution in [0.3, 0.4) is 0 Å². The van der Waals surface area contributed by atoms with Gasteiger partial charge in [-0.3, -0.25) is 9.36 Å². The second-order valence-electron chi connectivity index (χ2n) is 4.73. The summed E-state index contributed by atoms with van der Waals surface area (Å²) < 4.78 is 7.18. The van der Waals surface area contributed by atoms with E-state index in [-0.39, 0.29) is 11.3 Å². The van der Waals surface area contributed by atoms with E-state index in [1.165, 1.54) is 18.4 Å². The number of methoxy groups -OCH3 is 1. The molecule has 2 heterocycles. The molecule has 0 bridgehead atoms. The quantitative estimate of drug-likeness (QED) is 0.804. The van der Waals surface area contributed by atoms with Crippen molar-refractivity contribution in [3.05, 3.63) is 63.3 Å². The lowest BCUT2D eigenvalue weighted by atomic mass is 10.2. The molecule has 0 saturated heterocycles. The Kier molecular flexibility index (Phi) is 3.68. The first-order valence-corrected chi connectivity index (χ1v) is 7.46. The van der Waals surface area contributed by atoms with Crippen molar-refractivity contribution < 1.29 is 14.6 Å². The van der Waals surface area contributed by atoms with E-state index in [0.717, 1.165) is 5.56 Å². The van der Waals surface area contributed by atoms with Gasteiger partial charge in [-0.15, -0.1) is 11.3 Å². The molecule has 0 spiro atoms. The van der Waals surface area contributed by atoms with Crippen LogP contribution in [0.5, 0.6) is 5.75 Å². The van der Waals surface area contributed by atoms with Crippen LogP contribution in [0.15, 0.2) is 46.6 Å². The maximum Gasteiger partial charge on any atom is 0.341 e. The summed E-state index contributed by atoms with van der Waals surface area (Å²) in [6.07, 6.45) is 0. The average molecular weight is 315 g/mol. The maximum absolute atomic E-state index is 12.6. The maximum atomic E-state index is 12.6. The third-order valence-electron chi connectivity index (χ3n) is 3.43. The number of nitrogens with zero attached hydrogens (tertiary/aromatic N) is 1. The highest BCUT2D eigenvalue weighted by atomic mass is 32.1. The molecule has 1 N–H and O–H groups in total. The second kappa shape index (κ2) is 5.65. The van der Waals surface area contributed by atoms with Crippen LogP contribution in [0, 0.1) is 0 Å². The standard InChI is InChI=1S/C16H13NO4S/c1-21-13-12(16(19)20)14-11(7-8-22-14)17(15(13)18)9-10-5-3-2-4-6-10/h2-8H,9H2,1H3,(H,19,20). The summed E-state index contributed by atoms with van der Waals surface area (Å²) in [5.74, 6) is -1.29. The third-order valence-corrected chi connectivity index (χ3v) is 4.35. The van der Waals surface area contributed by atoms with E-state index in [9.17, 15) is 14.7 Å². The number of rotatable bonds is 4. The number of pyridine rings is 1. The Hall–Kier alpha value is -2.60. The summed E-state index contributed by atoms with van der Waals surface area (Å²) >= 11 is 1.28. The van der Waals surface area contributed by atoms with Crippen molar-refractivity contribution in [1.29, 1.82) is 0 Å². The first-order valence-electron chi connectivity index (χ1n) is 6.58. The normalized spacial score (nSPS) is 10.8. The molecule has 1 aromatic carbocycles. The summed E-state index contributed by atoms with van der Waals surface area (Å²) in [7, 11) is 1.31. The highest BCUT2D eigenvalue weighted by molar-refractivity contribution is 7.17. The van der Waals surface area contributed by atoms with Crippen LogP contribution in [-0.4, -0.2) is 22.8 Å². The predicted octanol–water partition coefficient (Wildman–Crippen LogP) is 2.82. The van der Waals surface area contributed by atoms with Crippen molar-refractivity contribution in [3.63, 3.8) is 0 Å². The number of carbonyl (C=O) groups is 1. The van der Waals surface area contributed by atoms with E-state index >= 15 is 0 Å². The van der Waals surface area contributed by atoms with Crippen LogP contribution in [0.2, 0.25) is 0 Å². The zero-order chi connectivity index (χ0) is 15.7. The summed E-state index contributed by atoms with van der Waals surface area (Å²) in [5, 5.41) is 11.2. The number of fused-ring (bicyclic) bond motifs is 1. The van der Waals surface area contributed by atoms with Gasteiger partial charge in [-0.05, 0) is 17.0 Å². The largest absolute Gasteiger partial charge is 0.490 e. The SMILES string of the molecule is COc1c(C(=O)O)c2sccc2n(Cc2ccccc2)c1=O. The van der Waals surface area contributed by atoms with Crippen molar-refractivity contribution in [2.75, 3.05) is 7.11 Å². The van der Waals surface area contributed by atoms with Gasteiger partial charge in [0.2, 0.25) is 5.75 Å². The lowest BCUT2D eigenvalue weighted by Gasteiger charge is -2.13. The monoisotopic (exact) mass is 315 g/mol. The summed E-state index contributed by atoms with van der Waals surface area (Å²) in [4.78, 5) is 24.1. The van der Waals surface area contributed by atoms with Crippen LogP contribution < -0.4 is 10.3 Å². The van der Waals surface area contributed by atoms with Crippen molar-refractivity contribution in [2.45, 2.75) is 6.54 Å². The van der Waals surface area contributed by atoms with Gasteiger partial charge in [0, 0.05) is 0 Å². The second-order valence-corrected chi connectivity index (χ2v) is 5.64. The van der Waals surface area contributed by atoms with Crippen LogP contribution in [0.25, 0.3) is 10.2 Å². The van der Waals surface area contributed by atoms with Gasteiger partial charge < -0.3 is 9.84 Å². The topological polar surface area (TPSA) is 68.5 Å². The molecule has 6 heteroatoms. The third kappa shape index (κ3) is 2.27. The number of benzene rings is 1. The van der Waals surface area contributed by atoms with Crippen molar-refractivity contribution in [1.82, 2.24) is 4.57 Å². The van der Waals surface area contributed by atoms with E-state index in [4.69, 9.17) is 4.74 Å². The molecule has 0 fully saturated rings. The molecule has 112 valence electrons. The fraction of sp³-hybridized carbons (Fsp3) is 0.125. The van der Waals surface area contributed by atoms with Crippen molar-refractivity contribution in [2.24, 2.45) is 0 Å². The lowest BCUT2D eigenvalue weighted by Crippen LogP contribution is -2.24. The van der Waals surface area contributed by atoms with Crippen LogP contribution in [0.4, 0.5) is 0 Å². The molecule has 22 heavy (non-hydrogen) atoms. The molecule has 5 nitrogen and oxygen atoms in total. The molecular weight excluding hydrogens is 302 g/mol. The zero-order valence-electron chi connectivity index (χ0n) is 11.8. The van der Waals surface area contributed by atoms with E-state index in [1.54, 1.807) is 16.0 Å². The van der Waals surface area contributed by atoms with Crippen molar-refractivity contribution in [3.8, 4) is 5.75 Å². The Morgan fingerprint density at radius 3 is 2.64 bits per heavy atom. The Morgan fingerprint density at radius 2 is 2.00 bits per heavy atom. The molecule has 0 aliphatic rings. The molecule has 3 aromatic rings. The summed E-state index contributed by atoms with van der Waals surface area (Å²) in [5.41, 5.74) is 1.07. The number of aromatic carboxylic acids is 1. The minimum atomic E-state index is -1.16. The molecule has 0 saturated carbocycles. The fourth-order valence-corrected chi connectivity index (χ4v) is 3.38. The first kappa shape index (κ1) is 14.3. The van der Waals surface area contributed by atoms with Gasteiger partial charge in [-0.25, -0.2) is 4.79 Å². The predicted molar refractivity (Wildman–Crippen MR) is 85.1 cm³/mol. The molecule has 3 rings (SSSR count). The number of ether oxygens (including phenoxy) is 1. The molecule has 2 aromatic heterocycles. The number of aromatic nitrogens is 1. The first-order chi connectivity index (χ1) is 10.6. The molecule has 0 aliphatic heterocycles. The van der Waals surface area contributed by atoms with Gasteiger partial charge in [-0.2, -0.15) is 0 Å². The van der Waals surface area contributed by atoms with E-state index in [0.29, 0.717) is 16.8 Å². The smallest absolute Gasteiger partial charge is 0.341 e. The number of hydrogen-bond acceptors (Lipinski definition) is 4. The molecule has 0 amide bonds. The molecule has 0 unspecified atom stereocenters. The van der Waals surface area contributed by atoms with Gasteiger partial charge >= 0.3 is 5.97 Å². The number of thiophene rings is 1. The Balaban J connectivity index is 2.29. The fourth-order valence-electron chi connectivity index (χ4n) is 2.45. The van der Waals surface area contributed by atoms with Crippen molar-refractivity contribution >= 4 is 27.5 Å². The number of hydrogen-bond donors (Lipinski definition) is 1. The highest BCUT2D eigenvalue weighted by Gasteiger charge is 2.23. The van der Waals surface area contributed by atoms with Crippen LogP contribution in [0.1, 0.15) is 15.9 Å². The summed E-state index contributed by atoms with van der Waals surface area (Å²) in [6.45, 7) is 0.364. The van der Waals surface area contributed by atoms with E-state index in [1.807, 2.05) is 30.3 Å². The Labute approximate surface area is 130 Å². The average Bonchev–Trinajstić information content (AvgIpc) is 2.99. The molecule has 0 aliphatic carbocycles. The minimum Gasteiger partial charge on any atom is -0.490 e. The highest BCUT2D eigenvalue weighted by Crippen LogP contribution is 2.29. The minimum absolute atomic E-state index is 0.0678. The van der Waals surface area contributed by atoms with Gasteiger partial charge in [0.05, 0.1) is 23.9 Å². The molecular formula is C16H13NO4S. The van der Waals surface area contributed by atoms with Gasteiger partial charge in [0.15, 0.2) is 0 Å². The van der Waals surface area contributed by atoms with Gasteiger partial charge in [-0.1, -0.05) is 30.3 Å². The Bertz CT molecular complexity index is 896. The van der Waals surface area contributed by atoms with Crippen LogP contribution in [-0.2, 0) is 6.54 Å². The zero-order valence-corrected chi connectivity index (χ0v) is 12.6. The van der Waals surface area contributed by atoms with Gasteiger partial charge in [0.1, 0.15) is 5.56 Å².